The van der Waals surface area contributed by atoms with E-state index in [1.807, 2.05) is 35.2 Å². The molecule has 39 heavy (non-hydrogen) atoms. The van der Waals surface area contributed by atoms with Gasteiger partial charge in [0.1, 0.15) is 4.90 Å². The smallest absolute Gasteiger partial charge is 0.310 e. The quantitative estimate of drug-likeness (QED) is 0.308. The number of esters is 1. The van der Waals surface area contributed by atoms with Crippen LogP contribution < -0.4 is 14.9 Å². The van der Waals surface area contributed by atoms with E-state index < -0.39 is 16.1 Å². The van der Waals surface area contributed by atoms with Gasteiger partial charge in [0.15, 0.2) is 0 Å². The Morgan fingerprint density at radius 3 is 2.49 bits per heavy atom. The number of sulfonamides is 1. The van der Waals surface area contributed by atoms with Crippen LogP contribution in [0.15, 0.2) is 82.2 Å². The van der Waals surface area contributed by atoms with Crippen LogP contribution in [0.25, 0.3) is 0 Å². The zero-order valence-corrected chi connectivity index (χ0v) is 24.3. The summed E-state index contributed by atoms with van der Waals surface area (Å²) in [4.78, 5) is 27.3. The second-order valence-electron chi connectivity index (χ2n) is 9.43. The van der Waals surface area contributed by atoms with Gasteiger partial charge in [-0.25, -0.2) is 13.1 Å². The van der Waals surface area contributed by atoms with Crippen LogP contribution in [0.5, 0.6) is 0 Å². The maximum absolute atomic E-state index is 13.8. The first kappa shape index (κ1) is 28.8. The van der Waals surface area contributed by atoms with Gasteiger partial charge in [-0.3, -0.25) is 9.59 Å². The lowest BCUT2D eigenvalue weighted by Crippen LogP contribution is -2.40. The largest absolute Gasteiger partial charge is 0.466 e. The highest BCUT2D eigenvalue weighted by molar-refractivity contribution is 9.10. The molecule has 1 amide bonds. The van der Waals surface area contributed by atoms with Crippen molar-refractivity contribution in [2.24, 2.45) is 5.92 Å². The molecule has 3 aromatic carbocycles. The highest BCUT2D eigenvalue weighted by Crippen LogP contribution is 2.33. The van der Waals surface area contributed by atoms with Crippen molar-refractivity contribution in [1.29, 1.82) is 0 Å². The van der Waals surface area contributed by atoms with Crippen LogP contribution in [0, 0.1) is 5.92 Å². The molecular formula is C29H32BrN3O5S. The number of carbonyl (C=O) groups excluding carboxylic acids is 2. The summed E-state index contributed by atoms with van der Waals surface area (Å²) < 4.78 is 36.4. The molecule has 0 saturated carbocycles. The van der Waals surface area contributed by atoms with Gasteiger partial charge in [0.05, 0.1) is 18.2 Å². The van der Waals surface area contributed by atoms with Crippen LogP contribution in [0.4, 0.5) is 11.4 Å². The lowest BCUT2D eigenvalue weighted by molar-refractivity contribution is -0.148. The molecular weight excluding hydrogens is 582 g/mol. The predicted molar refractivity (Wildman–Crippen MR) is 155 cm³/mol. The Bertz CT molecular complexity index is 1410. The summed E-state index contributed by atoms with van der Waals surface area (Å²) in [6, 6.07) is 20.5. The molecule has 3 aromatic rings. The number of carbonyl (C=O) groups is 2. The van der Waals surface area contributed by atoms with Crippen LogP contribution in [-0.4, -0.2) is 40.0 Å². The number of amides is 1. The number of rotatable bonds is 9. The molecule has 0 aliphatic carbocycles. The standard InChI is InChI=1S/C29H32BrN3O5S/c1-3-38-29(35)23-10-7-17-33(19-23)26-16-15-25(31-28(34)22-11-13-24(30)14-12-22)18-27(26)39(36,37)32-20(2)21-8-5-4-6-9-21/h4-6,8-9,11-16,18,20,23,32H,3,7,10,17,19H2,1-2H3,(H,31,34)/t20-,23-/m1/s1. The Kier molecular flexibility index (Phi) is 9.42. The summed E-state index contributed by atoms with van der Waals surface area (Å²) in [6.45, 7) is 4.79. The number of hydrogen-bond donors (Lipinski definition) is 2. The molecule has 1 fully saturated rings. The number of anilines is 2. The molecule has 0 aromatic heterocycles. The van der Waals surface area contributed by atoms with Crippen molar-refractivity contribution < 1.29 is 22.7 Å². The third-order valence-corrected chi connectivity index (χ3v) is 8.73. The van der Waals surface area contributed by atoms with Crippen LogP contribution in [-0.2, 0) is 19.6 Å². The fourth-order valence-electron chi connectivity index (χ4n) is 4.63. The summed E-state index contributed by atoms with van der Waals surface area (Å²) in [5, 5.41) is 2.81. The van der Waals surface area contributed by atoms with Gasteiger partial charge >= 0.3 is 5.97 Å². The number of nitrogens with one attached hydrogen (secondary N) is 2. The van der Waals surface area contributed by atoms with E-state index in [-0.39, 0.29) is 22.7 Å². The first-order chi connectivity index (χ1) is 18.7. The number of nitrogens with zero attached hydrogens (tertiary/aromatic N) is 1. The van der Waals surface area contributed by atoms with E-state index in [1.54, 1.807) is 50.2 Å². The Morgan fingerprint density at radius 1 is 1.08 bits per heavy atom. The third-order valence-electron chi connectivity index (χ3n) is 6.63. The summed E-state index contributed by atoms with van der Waals surface area (Å²) in [6.07, 6.45) is 1.40. The molecule has 2 atom stereocenters. The van der Waals surface area contributed by atoms with Crippen molar-refractivity contribution in [3.05, 3.63) is 88.4 Å². The fraction of sp³-hybridized carbons (Fsp3) is 0.310. The molecule has 2 N–H and O–H groups in total. The van der Waals surface area contributed by atoms with E-state index in [2.05, 4.69) is 26.0 Å². The number of piperidine rings is 1. The molecule has 1 heterocycles. The molecule has 206 valence electrons. The molecule has 0 radical (unpaired) electrons. The minimum atomic E-state index is -4.03. The van der Waals surface area contributed by atoms with Crippen LogP contribution in [0.3, 0.4) is 0 Å². The van der Waals surface area contributed by atoms with Gasteiger partial charge in [-0.05, 0) is 74.7 Å². The molecule has 10 heteroatoms. The summed E-state index contributed by atoms with van der Waals surface area (Å²) >= 11 is 3.36. The van der Waals surface area contributed by atoms with Crippen molar-refractivity contribution in [3.8, 4) is 0 Å². The second kappa shape index (κ2) is 12.8. The minimum absolute atomic E-state index is 0.0309. The monoisotopic (exact) mass is 613 g/mol. The van der Waals surface area contributed by atoms with Gasteiger partial charge in [0.25, 0.3) is 5.91 Å². The van der Waals surface area contributed by atoms with Crippen molar-refractivity contribution in [1.82, 2.24) is 4.72 Å². The molecule has 8 nitrogen and oxygen atoms in total. The van der Waals surface area contributed by atoms with E-state index in [0.29, 0.717) is 43.1 Å². The second-order valence-corrected chi connectivity index (χ2v) is 12.0. The van der Waals surface area contributed by atoms with E-state index in [9.17, 15) is 18.0 Å². The number of halogens is 1. The van der Waals surface area contributed by atoms with Gasteiger partial charge in [-0.15, -0.1) is 0 Å². The Balaban J connectivity index is 1.67. The average Bonchev–Trinajstić information content (AvgIpc) is 2.94. The maximum Gasteiger partial charge on any atom is 0.310 e. The van der Waals surface area contributed by atoms with Crippen molar-refractivity contribution >= 4 is 49.2 Å². The summed E-state index contributed by atoms with van der Waals surface area (Å²) in [7, 11) is -4.03. The fourth-order valence-corrected chi connectivity index (χ4v) is 6.37. The van der Waals surface area contributed by atoms with Gasteiger partial charge in [0, 0.05) is 34.9 Å². The first-order valence-electron chi connectivity index (χ1n) is 12.9. The van der Waals surface area contributed by atoms with Gasteiger partial charge in [0.2, 0.25) is 10.0 Å². The van der Waals surface area contributed by atoms with E-state index in [1.165, 1.54) is 6.07 Å². The van der Waals surface area contributed by atoms with Gasteiger partial charge in [-0.1, -0.05) is 46.3 Å². The van der Waals surface area contributed by atoms with Crippen molar-refractivity contribution in [2.45, 2.75) is 37.6 Å². The molecule has 0 spiro atoms. The Hall–Kier alpha value is -3.21. The molecule has 1 aliphatic rings. The van der Waals surface area contributed by atoms with Crippen LogP contribution in [0.1, 0.15) is 48.7 Å². The first-order valence-corrected chi connectivity index (χ1v) is 15.2. The minimum Gasteiger partial charge on any atom is -0.466 e. The zero-order chi connectivity index (χ0) is 28.0. The normalized spacial score (nSPS) is 16.4. The lowest BCUT2D eigenvalue weighted by atomic mass is 9.97. The number of hydrogen-bond acceptors (Lipinski definition) is 6. The lowest BCUT2D eigenvalue weighted by Gasteiger charge is -2.34. The molecule has 0 bridgehead atoms. The zero-order valence-electron chi connectivity index (χ0n) is 21.9. The van der Waals surface area contributed by atoms with Crippen LogP contribution in [0.2, 0.25) is 0 Å². The van der Waals surface area contributed by atoms with Crippen molar-refractivity contribution in [3.63, 3.8) is 0 Å². The van der Waals surface area contributed by atoms with Gasteiger partial charge < -0.3 is 15.0 Å². The van der Waals surface area contributed by atoms with E-state index in [4.69, 9.17) is 4.74 Å². The Labute approximate surface area is 237 Å². The third kappa shape index (κ3) is 7.26. The summed E-state index contributed by atoms with van der Waals surface area (Å²) in [5.74, 6) is -0.979. The molecule has 0 unspecified atom stereocenters. The number of benzene rings is 3. The average molecular weight is 615 g/mol. The molecule has 1 saturated heterocycles. The molecule has 4 rings (SSSR count). The SMILES string of the molecule is CCOC(=O)[C@@H]1CCCN(c2ccc(NC(=O)c3ccc(Br)cc3)cc2S(=O)(=O)N[C@H](C)c2ccccc2)C1. The van der Waals surface area contributed by atoms with Crippen LogP contribution >= 0.6 is 15.9 Å². The highest BCUT2D eigenvalue weighted by Gasteiger charge is 2.31. The highest BCUT2D eigenvalue weighted by atomic mass is 79.9. The predicted octanol–water partition coefficient (Wildman–Crippen LogP) is 5.52. The maximum atomic E-state index is 13.8. The van der Waals surface area contributed by atoms with E-state index >= 15 is 0 Å². The molecule has 1 aliphatic heterocycles. The van der Waals surface area contributed by atoms with Crippen molar-refractivity contribution in [2.75, 3.05) is 29.9 Å². The van der Waals surface area contributed by atoms with E-state index in [0.717, 1.165) is 16.5 Å². The topological polar surface area (TPSA) is 105 Å². The van der Waals surface area contributed by atoms with Gasteiger partial charge in [-0.2, -0.15) is 0 Å². The Morgan fingerprint density at radius 2 is 1.79 bits per heavy atom. The summed E-state index contributed by atoms with van der Waals surface area (Å²) in [5.41, 5.74) is 2.08. The number of ether oxygens (including phenoxy) is 1.